The van der Waals surface area contributed by atoms with Gasteiger partial charge in [-0.15, -0.1) is 0 Å². The van der Waals surface area contributed by atoms with Crippen molar-refractivity contribution in [3.8, 4) is 5.75 Å². The van der Waals surface area contributed by atoms with E-state index < -0.39 is 6.10 Å². The summed E-state index contributed by atoms with van der Waals surface area (Å²) in [6.45, 7) is 6.65. The average Bonchev–Trinajstić information content (AvgIpc) is 2.34. The predicted octanol–water partition coefficient (Wildman–Crippen LogP) is 1.89. The third-order valence-electron chi connectivity index (χ3n) is 2.55. The summed E-state index contributed by atoms with van der Waals surface area (Å²) in [6, 6.07) is 3.54. The van der Waals surface area contributed by atoms with Gasteiger partial charge < -0.3 is 14.6 Å². The number of hydrogen-bond acceptors (Lipinski definition) is 4. The molecule has 0 saturated heterocycles. The zero-order chi connectivity index (χ0) is 13.5. The highest BCUT2D eigenvalue weighted by Crippen LogP contribution is 2.24. The number of rotatable bonds is 7. The molecule has 100 valence electrons. The van der Waals surface area contributed by atoms with E-state index in [0.717, 1.165) is 23.2 Å². The van der Waals surface area contributed by atoms with Gasteiger partial charge in [0.25, 0.3) is 0 Å². The molecule has 1 atom stereocenters. The van der Waals surface area contributed by atoms with Crippen LogP contribution in [-0.4, -0.2) is 37.3 Å². The van der Waals surface area contributed by atoms with Gasteiger partial charge in [0.15, 0.2) is 0 Å². The standard InChI is InChI=1S/C14H20O4/c1-4-17-8-13(16)9-18-14-10(2)5-12(7-15)6-11(14)3/h5-7,13,16H,4,8-9H2,1-3H3. The quantitative estimate of drug-likeness (QED) is 0.753. The van der Waals surface area contributed by atoms with Crippen molar-refractivity contribution in [1.82, 2.24) is 0 Å². The van der Waals surface area contributed by atoms with E-state index in [2.05, 4.69) is 0 Å². The molecule has 0 aliphatic heterocycles. The van der Waals surface area contributed by atoms with Crippen LogP contribution in [0.3, 0.4) is 0 Å². The maximum Gasteiger partial charge on any atom is 0.150 e. The summed E-state index contributed by atoms with van der Waals surface area (Å²) in [5, 5.41) is 9.62. The highest BCUT2D eigenvalue weighted by atomic mass is 16.5. The van der Waals surface area contributed by atoms with Crippen LogP contribution >= 0.6 is 0 Å². The zero-order valence-corrected chi connectivity index (χ0v) is 11.1. The molecule has 0 saturated carbocycles. The lowest BCUT2D eigenvalue weighted by Gasteiger charge is -2.16. The smallest absolute Gasteiger partial charge is 0.150 e. The van der Waals surface area contributed by atoms with E-state index in [9.17, 15) is 9.90 Å². The first-order chi connectivity index (χ1) is 8.58. The van der Waals surface area contributed by atoms with Crippen LogP contribution in [0.2, 0.25) is 0 Å². The molecule has 1 rings (SSSR count). The molecule has 1 aromatic rings. The molecular weight excluding hydrogens is 232 g/mol. The Morgan fingerprint density at radius 1 is 1.28 bits per heavy atom. The topological polar surface area (TPSA) is 55.8 Å². The molecule has 0 heterocycles. The molecule has 18 heavy (non-hydrogen) atoms. The Balaban J connectivity index is 2.64. The molecule has 1 unspecified atom stereocenters. The van der Waals surface area contributed by atoms with Crippen molar-refractivity contribution < 1.29 is 19.4 Å². The number of carbonyl (C=O) groups is 1. The summed E-state index contributed by atoms with van der Waals surface area (Å²) in [4.78, 5) is 10.7. The first-order valence-corrected chi connectivity index (χ1v) is 6.03. The average molecular weight is 252 g/mol. The molecule has 0 aliphatic rings. The maximum absolute atomic E-state index is 10.7. The summed E-state index contributed by atoms with van der Waals surface area (Å²) in [6.07, 6.45) is 0.169. The number of ether oxygens (including phenoxy) is 2. The fourth-order valence-electron chi connectivity index (χ4n) is 1.76. The van der Waals surface area contributed by atoms with Gasteiger partial charge in [-0.25, -0.2) is 0 Å². The molecule has 0 spiro atoms. The van der Waals surface area contributed by atoms with Gasteiger partial charge in [-0.1, -0.05) is 0 Å². The van der Waals surface area contributed by atoms with E-state index in [0.29, 0.717) is 12.2 Å². The molecule has 0 fully saturated rings. The van der Waals surface area contributed by atoms with Crippen molar-refractivity contribution >= 4 is 6.29 Å². The fraction of sp³-hybridized carbons (Fsp3) is 0.500. The minimum absolute atomic E-state index is 0.183. The largest absolute Gasteiger partial charge is 0.490 e. The Morgan fingerprint density at radius 3 is 2.39 bits per heavy atom. The fourth-order valence-corrected chi connectivity index (χ4v) is 1.76. The summed E-state index contributed by atoms with van der Waals surface area (Å²) in [7, 11) is 0. The lowest BCUT2D eigenvalue weighted by Crippen LogP contribution is -2.23. The third kappa shape index (κ3) is 4.13. The molecule has 1 aromatic carbocycles. The summed E-state index contributed by atoms with van der Waals surface area (Å²) in [5.74, 6) is 0.719. The molecule has 1 N–H and O–H groups in total. The van der Waals surface area contributed by atoms with E-state index in [4.69, 9.17) is 9.47 Å². The Kier molecular flexibility index (Phi) is 5.82. The van der Waals surface area contributed by atoms with Crippen molar-refractivity contribution in [2.75, 3.05) is 19.8 Å². The number of aryl methyl sites for hydroxylation is 2. The van der Waals surface area contributed by atoms with Crippen LogP contribution in [0.4, 0.5) is 0 Å². The minimum atomic E-state index is -0.644. The Morgan fingerprint density at radius 2 is 1.89 bits per heavy atom. The van der Waals surface area contributed by atoms with Crippen LogP contribution in [-0.2, 0) is 4.74 Å². The monoisotopic (exact) mass is 252 g/mol. The van der Waals surface area contributed by atoms with Crippen LogP contribution in [0.5, 0.6) is 5.75 Å². The first kappa shape index (κ1) is 14.7. The normalized spacial score (nSPS) is 12.2. The van der Waals surface area contributed by atoms with E-state index in [1.165, 1.54) is 0 Å². The molecule has 0 radical (unpaired) electrons. The van der Waals surface area contributed by atoms with Gasteiger partial charge in [0.05, 0.1) is 6.61 Å². The van der Waals surface area contributed by atoms with E-state index in [1.54, 1.807) is 12.1 Å². The van der Waals surface area contributed by atoms with Gasteiger partial charge in [0, 0.05) is 12.2 Å². The second kappa shape index (κ2) is 7.13. The predicted molar refractivity (Wildman–Crippen MR) is 69.3 cm³/mol. The number of aldehydes is 1. The van der Waals surface area contributed by atoms with Gasteiger partial charge in [-0.2, -0.15) is 0 Å². The van der Waals surface area contributed by atoms with Gasteiger partial charge >= 0.3 is 0 Å². The van der Waals surface area contributed by atoms with Gasteiger partial charge in [0.1, 0.15) is 24.7 Å². The minimum Gasteiger partial charge on any atom is -0.490 e. The number of aliphatic hydroxyl groups excluding tert-OH is 1. The van der Waals surface area contributed by atoms with Gasteiger partial charge in [-0.3, -0.25) is 4.79 Å². The van der Waals surface area contributed by atoms with Crippen LogP contribution in [0.25, 0.3) is 0 Å². The maximum atomic E-state index is 10.7. The van der Waals surface area contributed by atoms with Crippen LogP contribution in [0.15, 0.2) is 12.1 Å². The first-order valence-electron chi connectivity index (χ1n) is 6.03. The van der Waals surface area contributed by atoms with Crippen molar-refractivity contribution in [2.45, 2.75) is 26.9 Å². The lowest BCUT2D eigenvalue weighted by molar-refractivity contribution is 0.0162. The summed E-state index contributed by atoms with van der Waals surface area (Å²) in [5.41, 5.74) is 2.41. The molecule has 0 aromatic heterocycles. The molecule has 0 aliphatic carbocycles. The second-order valence-corrected chi connectivity index (χ2v) is 4.23. The SMILES string of the molecule is CCOCC(O)COc1c(C)cc(C=O)cc1C. The number of aliphatic hydroxyl groups is 1. The van der Waals surface area contributed by atoms with Crippen molar-refractivity contribution in [3.05, 3.63) is 28.8 Å². The Hall–Kier alpha value is -1.39. The number of benzene rings is 1. The van der Waals surface area contributed by atoms with Gasteiger partial charge in [-0.05, 0) is 44.0 Å². The van der Waals surface area contributed by atoms with Gasteiger partial charge in [0.2, 0.25) is 0 Å². The van der Waals surface area contributed by atoms with Crippen LogP contribution in [0.1, 0.15) is 28.4 Å². The highest BCUT2D eigenvalue weighted by molar-refractivity contribution is 5.76. The number of hydrogen-bond donors (Lipinski definition) is 1. The third-order valence-corrected chi connectivity index (χ3v) is 2.55. The number of carbonyl (C=O) groups excluding carboxylic acids is 1. The van der Waals surface area contributed by atoms with Crippen molar-refractivity contribution in [3.63, 3.8) is 0 Å². The molecule has 4 nitrogen and oxygen atoms in total. The summed E-state index contributed by atoms with van der Waals surface area (Å²) < 4.78 is 10.7. The van der Waals surface area contributed by atoms with E-state index in [1.807, 2.05) is 20.8 Å². The van der Waals surface area contributed by atoms with Crippen LogP contribution < -0.4 is 4.74 Å². The second-order valence-electron chi connectivity index (χ2n) is 4.23. The molecule has 0 bridgehead atoms. The lowest BCUT2D eigenvalue weighted by atomic mass is 10.1. The Labute approximate surface area is 108 Å². The van der Waals surface area contributed by atoms with Crippen molar-refractivity contribution in [2.24, 2.45) is 0 Å². The zero-order valence-electron chi connectivity index (χ0n) is 11.1. The molecular formula is C14H20O4. The molecule has 4 heteroatoms. The molecule has 0 amide bonds. The van der Waals surface area contributed by atoms with Crippen LogP contribution in [0, 0.1) is 13.8 Å². The van der Waals surface area contributed by atoms with Crippen molar-refractivity contribution in [1.29, 1.82) is 0 Å². The Bertz CT molecular complexity index is 378. The summed E-state index contributed by atoms with van der Waals surface area (Å²) >= 11 is 0. The highest BCUT2D eigenvalue weighted by Gasteiger charge is 2.10. The van der Waals surface area contributed by atoms with E-state index >= 15 is 0 Å². The van der Waals surface area contributed by atoms with E-state index in [-0.39, 0.29) is 13.2 Å².